The molecule has 34 heavy (non-hydrogen) atoms. The Kier molecular flexibility index (Phi) is 6.04. The molecule has 170 valence electrons. The summed E-state index contributed by atoms with van der Waals surface area (Å²) in [4.78, 5) is 21.9. The molecule has 0 saturated heterocycles. The molecule has 8 heteroatoms. The number of fused-ring (bicyclic) bond motifs is 1. The van der Waals surface area contributed by atoms with Crippen LogP contribution in [-0.2, 0) is 6.61 Å². The number of aromatic amines is 1. The summed E-state index contributed by atoms with van der Waals surface area (Å²) in [5, 5.41) is 0.831. The minimum absolute atomic E-state index is 0.0558. The molecule has 0 aliphatic rings. The fourth-order valence-corrected chi connectivity index (χ4v) is 4.82. The number of aromatic nitrogens is 2. The van der Waals surface area contributed by atoms with Crippen LogP contribution in [0, 0.1) is 5.82 Å². The monoisotopic (exact) mass is 492 g/mol. The second-order valence-corrected chi connectivity index (χ2v) is 8.90. The maximum atomic E-state index is 14.1. The van der Waals surface area contributed by atoms with Crippen LogP contribution in [0.3, 0.4) is 0 Å². The van der Waals surface area contributed by atoms with E-state index in [1.54, 1.807) is 24.3 Å². The Balaban J connectivity index is 1.46. The number of thiophene rings is 1. The van der Waals surface area contributed by atoms with Crippen molar-refractivity contribution in [1.82, 2.24) is 9.97 Å². The van der Waals surface area contributed by atoms with Gasteiger partial charge in [-0.15, -0.1) is 11.3 Å². The first-order valence-corrected chi connectivity index (χ1v) is 11.6. The van der Waals surface area contributed by atoms with Crippen LogP contribution in [0.4, 0.5) is 4.39 Å². The number of hydrogen-bond acceptors (Lipinski definition) is 5. The third kappa shape index (κ3) is 4.27. The molecular formula is C26H18ClFN2O3S. The van der Waals surface area contributed by atoms with Crippen LogP contribution >= 0.6 is 22.9 Å². The molecule has 5 rings (SSSR count). The average molecular weight is 493 g/mol. The van der Waals surface area contributed by atoms with E-state index in [1.807, 2.05) is 36.4 Å². The van der Waals surface area contributed by atoms with E-state index in [1.165, 1.54) is 30.6 Å². The molecule has 0 bridgehead atoms. The minimum Gasteiger partial charge on any atom is -0.493 e. The fraction of sp³-hybridized carbons (Fsp3) is 0.0769. The highest BCUT2D eigenvalue weighted by atomic mass is 35.5. The summed E-state index contributed by atoms with van der Waals surface area (Å²) in [7, 11) is 1.51. The van der Waals surface area contributed by atoms with Gasteiger partial charge >= 0.3 is 0 Å². The van der Waals surface area contributed by atoms with E-state index >= 15 is 0 Å². The van der Waals surface area contributed by atoms with E-state index in [0.717, 1.165) is 10.4 Å². The summed E-state index contributed by atoms with van der Waals surface area (Å²) in [6.07, 6.45) is 0. The predicted octanol–water partition coefficient (Wildman–Crippen LogP) is 6.70. The highest BCUT2D eigenvalue weighted by molar-refractivity contribution is 7.21. The number of benzene rings is 3. The molecule has 2 heterocycles. The van der Waals surface area contributed by atoms with Gasteiger partial charge in [0.05, 0.1) is 17.5 Å². The Morgan fingerprint density at radius 2 is 1.82 bits per heavy atom. The average Bonchev–Trinajstić information content (AvgIpc) is 3.29. The van der Waals surface area contributed by atoms with Crippen molar-refractivity contribution >= 4 is 33.2 Å². The number of halogens is 2. The summed E-state index contributed by atoms with van der Waals surface area (Å²) in [5.41, 5.74) is 1.73. The molecule has 0 fully saturated rings. The van der Waals surface area contributed by atoms with Crippen molar-refractivity contribution in [2.45, 2.75) is 6.61 Å². The van der Waals surface area contributed by atoms with Gasteiger partial charge in [0.15, 0.2) is 11.5 Å². The smallest absolute Gasteiger partial charge is 0.259 e. The van der Waals surface area contributed by atoms with Crippen LogP contribution < -0.4 is 15.0 Å². The van der Waals surface area contributed by atoms with E-state index in [0.29, 0.717) is 33.1 Å². The third-order valence-corrected chi connectivity index (χ3v) is 6.76. The second kappa shape index (κ2) is 9.29. The normalized spacial score (nSPS) is 11.0. The Labute approximate surface area is 203 Å². The maximum Gasteiger partial charge on any atom is 0.259 e. The van der Waals surface area contributed by atoms with E-state index in [2.05, 4.69) is 9.97 Å². The van der Waals surface area contributed by atoms with Gasteiger partial charge in [-0.05, 0) is 42.0 Å². The van der Waals surface area contributed by atoms with Crippen LogP contribution in [0.2, 0.25) is 5.02 Å². The number of rotatable bonds is 6. The summed E-state index contributed by atoms with van der Waals surface area (Å²) in [5.74, 6) is 0.810. The summed E-state index contributed by atoms with van der Waals surface area (Å²) < 4.78 is 25.3. The van der Waals surface area contributed by atoms with Crippen molar-refractivity contribution in [1.29, 1.82) is 0 Å². The Hall–Kier alpha value is -3.68. The predicted molar refractivity (Wildman–Crippen MR) is 133 cm³/mol. The summed E-state index contributed by atoms with van der Waals surface area (Å²) in [6, 6.07) is 21.4. The minimum atomic E-state index is -0.441. The molecule has 5 aromatic rings. The number of nitrogens with one attached hydrogen (secondary N) is 1. The lowest BCUT2D eigenvalue weighted by molar-refractivity contribution is 0.280. The molecule has 0 amide bonds. The van der Waals surface area contributed by atoms with Crippen molar-refractivity contribution in [3.63, 3.8) is 0 Å². The van der Waals surface area contributed by atoms with E-state index in [-0.39, 0.29) is 22.8 Å². The highest BCUT2D eigenvalue weighted by Gasteiger charge is 2.15. The van der Waals surface area contributed by atoms with Crippen LogP contribution in [0.5, 0.6) is 11.5 Å². The summed E-state index contributed by atoms with van der Waals surface area (Å²) in [6.45, 7) is -0.0558. The van der Waals surface area contributed by atoms with Crippen LogP contribution in [0.15, 0.2) is 77.6 Å². The van der Waals surface area contributed by atoms with Gasteiger partial charge in [0.2, 0.25) is 0 Å². The molecule has 1 N–H and O–H groups in total. The molecule has 2 aromatic heterocycles. The first-order chi connectivity index (χ1) is 16.5. The van der Waals surface area contributed by atoms with Crippen LogP contribution in [0.1, 0.15) is 5.56 Å². The first-order valence-electron chi connectivity index (χ1n) is 10.4. The number of methoxy groups -OCH3 is 1. The number of nitrogens with zero attached hydrogens (tertiary/aromatic N) is 1. The lowest BCUT2D eigenvalue weighted by Gasteiger charge is -2.13. The molecule has 0 saturated carbocycles. The molecule has 0 radical (unpaired) electrons. The summed E-state index contributed by atoms with van der Waals surface area (Å²) >= 11 is 7.55. The van der Waals surface area contributed by atoms with Gasteiger partial charge in [0, 0.05) is 16.0 Å². The van der Waals surface area contributed by atoms with Gasteiger partial charge in [-0.25, -0.2) is 9.37 Å². The topological polar surface area (TPSA) is 64.2 Å². The second-order valence-electron chi connectivity index (χ2n) is 7.46. The molecular weight excluding hydrogens is 475 g/mol. The lowest BCUT2D eigenvalue weighted by atomic mass is 10.1. The Morgan fingerprint density at radius 3 is 2.59 bits per heavy atom. The largest absolute Gasteiger partial charge is 0.493 e. The van der Waals surface area contributed by atoms with Crippen LogP contribution in [-0.4, -0.2) is 17.1 Å². The molecule has 0 atom stereocenters. The molecule has 3 aromatic carbocycles. The maximum absolute atomic E-state index is 14.1. The van der Waals surface area contributed by atoms with Gasteiger partial charge in [-0.2, -0.15) is 0 Å². The van der Waals surface area contributed by atoms with Gasteiger partial charge in [-0.3, -0.25) is 4.79 Å². The Bertz CT molecular complexity index is 1530. The molecule has 5 nitrogen and oxygen atoms in total. The number of hydrogen-bond donors (Lipinski definition) is 1. The molecule has 0 aliphatic carbocycles. The zero-order valence-corrected chi connectivity index (χ0v) is 19.5. The number of H-pyrrole nitrogens is 1. The zero-order chi connectivity index (χ0) is 23.7. The first kappa shape index (κ1) is 22.1. The van der Waals surface area contributed by atoms with E-state index < -0.39 is 5.82 Å². The SMILES string of the molecule is COc1cc(-c2nc3sc(-c4ccccc4)cc3c(=O)[nH]2)ccc1OCc1c(F)cccc1Cl. The number of ether oxygens (including phenoxy) is 2. The molecule has 0 spiro atoms. The van der Waals surface area contributed by atoms with Gasteiger partial charge in [0.1, 0.15) is 23.1 Å². The standard InChI is InChI=1S/C26H18ClFN2O3S/c1-32-22-12-16(10-11-21(22)33-14-18-19(27)8-5-9-20(18)28)24-29-25(31)17-13-23(34-26(17)30-24)15-6-3-2-4-7-15/h2-13H,14H2,1H3,(H,29,30,31). The van der Waals surface area contributed by atoms with E-state index in [9.17, 15) is 9.18 Å². The van der Waals surface area contributed by atoms with Crippen LogP contribution in [0.25, 0.3) is 32.0 Å². The highest BCUT2D eigenvalue weighted by Crippen LogP contribution is 2.35. The fourth-order valence-electron chi connectivity index (χ4n) is 3.57. The quantitative estimate of drug-likeness (QED) is 0.286. The Morgan fingerprint density at radius 1 is 1.00 bits per heavy atom. The molecule has 0 unspecified atom stereocenters. The lowest BCUT2D eigenvalue weighted by Crippen LogP contribution is -2.08. The van der Waals surface area contributed by atoms with E-state index in [4.69, 9.17) is 21.1 Å². The van der Waals surface area contributed by atoms with Gasteiger partial charge in [0.25, 0.3) is 5.56 Å². The van der Waals surface area contributed by atoms with Gasteiger partial charge < -0.3 is 14.5 Å². The third-order valence-electron chi connectivity index (χ3n) is 5.33. The van der Waals surface area contributed by atoms with Gasteiger partial charge in [-0.1, -0.05) is 48.0 Å². The van der Waals surface area contributed by atoms with Crippen molar-refractivity contribution in [2.24, 2.45) is 0 Å². The van der Waals surface area contributed by atoms with Crippen molar-refractivity contribution in [2.75, 3.05) is 7.11 Å². The zero-order valence-electron chi connectivity index (χ0n) is 18.0. The molecule has 0 aliphatic heterocycles. The van der Waals surface area contributed by atoms with Crippen molar-refractivity contribution < 1.29 is 13.9 Å². The van der Waals surface area contributed by atoms with Crippen molar-refractivity contribution in [3.8, 4) is 33.3 Å². The van der Waals surface area contributed by atoms with Crippen molar-refractivity contribution in [3.05, 3.63) is 99.6 Å².